The van der Waals surface area contributed by atoms with E-state index in [1.54, 1.807) is 24.5 Å². The van der Waals surface area contributed by atoms with Gasteiger partial charge in [-0.3, -0.25) is 14.5 Å². The molecule has 2 aromatic rings. The third kappa shape index (κ3) is 3.91. The maximum Gasteiger partial charge on any atom is 0.254 e. The van der Waals surface area contributed by atoms with E-state index >= 15 is 0 Å². The van der Waals surface area contributed by atoms with Crippen LogP contribution in [0.3, 0.4) is 0 Å². The summed E-state index contributed by atoms with van der Waals surface area (Å²) in [5, 5.41) is 4.52. The number of aryl methyl sites for hydroxylation is 2. The number of allylic oxidation sites excluding steroid dienone is 2. The summed E-state index contributed by atoms with van der Waals surface area (Å²) in [4.78, 5) is 18.9. The van der Waals surface area contributed by atoms with E-state index in [9.17, 15) is 4.79 Å². The first-order valence-electron chi connectivity index (χ1n) is 8.47. The molecule has 0 aliphatic heterocycles. The lowest BCUT2D eigenvalue weighted by Gasteiger charge is -2.28. The van der Waals surface area contributed by atoms with Crippen molar-refractivity contribution in [2.75, 3.05) is 6.54 Å². The fourth-order valence-electron chi connectivity index (χ4n) is 3.14. The smallest absolute Gasteiger partial charge is 0.254 e. The standard InChI is InChI=1S/C19H24N4O/c1-15-12-18(21-22(15)2)14-23(13-16-6-4-3-5-7-16)19(24)17-8-10-20-11-9-17/h3-4,8-12,16H,5-7,13-14H2,1-2H3. The van der Waals surface area contributed by atoms with Gasteiger partial charge >= 0.3 is 0 Å². The average Bonchev–Trinajstić information content (AvgIpc) is 2.93. The minimum Gasteiger partial charge on any atom is -0.332 e. The normalized spacial score (nSPS) is 17.0. The second-order valence-electron chi connectivity index (χ2n) is 6.47. The van der Waals surface area contributed by atoms with E-state index in [-0.39, 0.29) is 5.91 Å². The number of aromatic nitrogens is 3. The first kappa shape index (κ1) is 16.4. The Morgan fingerprint density at radius 1 is 1.33 bits per heavy atom. The molecule has 126 valence electrons. The summed E-state index contributed by atoms with van der Waals surface area (Å²) in [5.74, 6) is 0.570. The van der Waals surface area contributed by atoms with Gasteiger partial charge in [0.05, 0.1) is 12.2 Å². The molecule has 1 unspecified atom stereocenters. The largest absolute Gasteiger partial charge is 0.332 e. The molecule has 3 rings (SSSR count). The Bertz CT molecular complexity index is 701. The summed E-state index contributed by atoms with van der Waals surface area (Å²) >= 11 is 0. The van der Waals surface area contributed by atoms with E-state index in [1.807, 2.05) is 29.6 Å². The third-order valence-corrected chi connectivity index (χ3v) is 4.59. The first-order chi connectivity index (χ1) is 11.6. The Balaban J connectivity index is 1.79. The number of amides is 1. The molecule has 0 bridgehead atoms. The summed E-state index contributed by atoms with van der Waals surface area (Å²) in [5.41, 5.74) is 2.72. The van der Waals surface area contributed by atoms with Gasteiger partial charge in [-0.2, -0.15) is 5.10 Å². The van der Waals surface area contributed by atoms with Crippen molar-refractivity contribution in [3.05, 3.63) is 59.7 Å². The molecule has 5 heteroatoms. The fraction of sp³-hybridized carbons (Fsp3) is 0.421. The van der Waals surface area contributed by atoms with Crippen LogP contribution >= 0.6 is 0 Å². The zero-order chi connectivity index (χ0) is 16.9. The summed E-state index contributed by atoms with van der Waals surface area (Å²) in [6, 6.07) is 5.60. The van der Waals surface area contributed by atoms with Gasteiger partial charge in [-0.25, -0.2) is 0 Å². The molecule has 0 spiro atoms. The van der Waals surface area contributed by atoms with Crippen molar-refractivity contribution in [1.82, 2.24) is 19.7 Å². The van der Waals surface area contributed by atoms with E-state index < -0.39 is 0 Å². The van der Waals surface area contributed by atoms with Crippen LogP contribution in [0.4, 0.5) is 0 Å². The molecule has 2 aromatic heterocycles. The molecule has 0 aromatic carbocycles. The number of hydrogen-bond donors (Lipinski definition) is 0. The van der Waals surface area contributed by atoms with Crippen LogP contribution in [0.15, 0.2) is 42.7 Å². The molecule has 24 heavy (non-hydrogen) atoms. The summed E-state index contributed by atoms with van der Waals surface area (Å²) in [6.45, 7) is 3.33. The topological polar surface area (TPSA) is 51.0 Å². The molecule has 0 fully saturated rings. The highest BCUT2D eigenvalue weighted by Gasteiger charge is 2.22. The van der Waals surface area contributed by atoms with Gasteiger partial charge in [0.2, 0.25) is 0 Å². The Labute approximate surface area is 143 Å². The molecular formula is C19H24N4O. The maximum atomic E-state index is 13.0. The predicted octanol–water partition coefficient (Wildman–Crippen LogP) is 3.12. The van der Waals surface area contributed by atoms with Crippen molar-refractivity contribution in [2.45, 2.75) is 32.7 Å². The minimum absolute atomic E-state index is 0.0512. The summed E-state index contributed by atoms with van der Waals surface area (Å²) in [6.07, 6.45) is 11.1. The second kappa shape index (κ2) is 7.43. The molecule has 0 N–H and O–H groups in total. The van der Waals surface area contributed by atoms with Gasteiger partial charge in [-0.05, 0) is 50.3 Å². The molecule has 0 saturated heterocycles. The van der Waals surface area contributed by atoms with Gasteiger partial charge in [-0.1, -0.05) is 12.2 Å². The third-order valence-electron chi connectivity index (χ3n) is 4.59. The lowest BCUT2D eigenvalue weighted by atomic mass is 9.93. The average molecular weight is 324 g/mol. The van der Waals surface area contributed by atoms with Crippen molar-refractivity contribution >= 4 is 5.91 Å². The zero-order valence-corrected chi connectivity index (χ0v) is 14.4. The Morgan fingerprint density at radius 3 is 2.75 bits per heavy atom. The number of rotatable bonds is 5. The van der Waals surface area contributed by atoms with Crippen LogP contribution in [-0.2, 0) is 13.6 Å². The van der Waals surface area contributed by atoms with E-state index in [1.165, 1.54) is 0 Å². The first-order valence-corrected chi connectivity index (χ1v) is 8.47. The van der Waals surface area contributed by atoms with Gasteiger partial charge in [-0.15, -0.1) is 0 Å². The monoisotopic (exact) mass is 324 g/mol. The van der Waals surface area contributed by atoms with Crippen LogP contribution in [0.2, 0.25) is 0 Å². The minimum atomic E-state index is 0.0512. The van der Waals surface area contributed by atoms with E-state index in [0.717, 1.165) is 37.2 Å². The van der Waals surface area contributed by atoms with E-state index in [2.05, 4.69) is 22.2 Å². The molecule has 2 heterocycles. The summed E-state index contributed by atoms with van der Waals surface area (Å²) in [7, 11) is 1.93. The highest BCUT2D eigenvalue weighted by Crippen LogP contribution is 2.21. The van der Waals surface area contributed by atoms with Crippen molar-refractivity contribution < 1.29 is 4.79 Å². The molecule has 1 aliphatic rings. The van der Waals surface area contributed by atoms with Crippen LogP contribution in [-0.4, -0.2) is 32.1 Å². The van der Waals surface area contributed by atoms with Gasteiger partial charge in [0, 0.05) is 37.2 Å². The molecule has 5 nitrogen and oxygen atoms in total. The molecule has 1 aliphatic carbocycles. The van der Waals surface area contributed by atoms with Crippen LogP contribution in [0.5, 0.6) is 0 Å². The number of nitrogens with zero attached hydrogens (tertiary/aromatic N) is 4. The summed E-state index contributed by atoms with van der Waals surface area (Å²) < 4.78 is 1.85. The van der Waals surface area contributed by atoms with Crippen LogP contribution in [0.25, 0.3) is 0 Å². The fourth-order valence-corrected chi connectivity index (χ4v) is 3.14. The van der Waals surface area contributed by atoms with E-state index in [0.29, 0.717) is 18.0 Å². The van der Waals surface area contributed by atoms with Gasteiger partial charge in [0.25, 0.3) is 5.91 Å². The lowest BCUT2D eigenvalue weighted by Crippen LogP contribution is -2.35. The Hall–Kier alpha value is -2.43. The predicted molar refractivity (Wildman–Crippen MR) is 93.4 cm³/mol. The van der Waals surface area contributed by atoms with Gasteiger partial charge in [0.15, 0.2) is 0 Å². The highest BCUT2D eigenvalue weighted by molar-refractivity contribution is 5.94. The Morgan fingerprint density at radius 2 is 2.12 bits per heavy atom. The molecular weight excluding hydrogens is 300 g/mol. The number of carbonyl (C=O) groups is 1. The molecule has 0 radical (unpaired) electrons. The number of pyridine rings is 1. The van der Waals surface area contributed by atoms with E-state index in [4.69, 9.17) is 0 Å². The Kier molecular flexibility index (Phi) is 5.08. The van der Waals surface area contributed by atoms with Crippen molar-refractivity contribution in [3.63, 3.8) is 0 Å². The molecule has 1 atom stereocenters. The lowest BCUT2D eigenvalue weighted by molar-refractivity contribution is 0.0707. The number of carbonyl (C=O) groups excluding carboxylic acids is 1. The zero-order valence-electron chi connectivity index (χ0n) is 14.4. The maximum absolute atomic E-state index is 13.0. The van der Waals surface area contributed by atoms with Gasteiger partial charge < -0.3 is 4.90 Å². The van der Waals surface area contributed by atoms with Crippen LogP contribution in [0.1, 0.15) is 41.0 Å². The van der Waals surface area contributed by atoms with Crippen LogP contribution < -0.4 is 0 Å². The highest BCUT2D eigenvalue weighted by atomic mass is 16.2. The quantitative estimate of drug-likeness (QED) is 0.794. The molecule has 1 amide bonds. The van der Waals surface area contributed by atoms with Crippen molar-refractivity contribution in [3.8, 4) is 0 Å². The van der Waals surface area contributed by atoms with Gasteiger partial charge in [0.1, 0.15) is 0 Å². The SMILES string of the molecule is Cc1cc(CN(CC2CC=CCC2)C(=O)c2ccncc2)nn1C. The second-order valence-corrected chi connectivity index (χ2v) is 6.47. The van der Waals surface area contributed by atoms with Crippen molar-refractivity contribution in [2.24, 2.45) is 13.0 Å². The van der Waals surface area contributed by atoms with Crippen LogP contribution in [0, 0.1) is 12.8 Å². The van der Waals surface area contributed by atoms with Crippen molar-refractivity contribution in [1.29, 1.82) is 0 Å². The number of hydrogen-bond acceptors (Lipinski definition) is 3. The molecule has 0 saturated carbocycles.